The van der Waals surface area contributed by atoms with Crippen LogP contribution in [0.2, 0.25) is 5.02 Å². The standard InChI is InChI=1S/C21H22ClN3O2S2/c1-13-17-20(24-16-5-3-2-4-11-25(16)21(17)27)29-18(13)19(26)23-10-12-28-15-8-6-14(22)7-9-15/h6-9H,2-5,10-12H2,1H3,(H,23,26). The summed E-state index contributed by atoms with van der Waals surface area (Å²) in [6.07, 6.45) is 4.01. The molecule has 0 radical (unpaired) electrons. The second-order valence-corrected chi connectivity index (χ2v) is 9.69. The number of hydrogen-bond acceptors (Lipinski definition) is 5. The molecule has 3 heterocycles. The lowest BCUT2D eigenvalue weighted by Gasteiger charge is -2.08. The molecule has 0 fully saturated rings. The van der Waals surface area contributed by atoms with E-state index in [2.05, 4.69) is 5.32 Å². The fourth-order valence-electron chi connectivity index (χ4n) is 3.57. The lowest BCUT2D eigenvalue weighted by molar-refractivity contribution is 0.0959. The van der Waals surface area contributed by atoms with E-state index < -0.39 is 0 Å². The summed E-state index contributed by atoms with van der Waals surface area (Å²) in [5, 5.41) is 4.28. The Hall–Kier alpha value is -1.83. The van der Waals surface area contributed by atoms with E-state index in [4.69, 9.17) is 16.6 Å². The number of carbonyl (C=O) groups is 1. The fraction of sp³-hybridized carbons (Fsp3) is 0.381. The molecule has 1 aliphatic heterocycles. The Labute approximate surface area is 182 Å². The number of carbonyl (C=O) groups excluding carboxylic acids is 1. The van der Waals surface area contributed by atoms with E-state index in [1.54, 1.807) is 16.3 Å². The number of nitrogens with zero attached hydrogens (tertiary/aromatic N) is 2. The molecule has 0 bridgehead atoms. The van der Waals surface area contributed by atoms with Crippen molar-refractivity contribution in [1.29, 1.82) is 0 Å². The molecule has 1 N–H and O–H groups in total. The number of nitrogens with one attached hydrogen (secondary N) is 1. The summed E-state index contributed by atoms with van der Waals surface area (Å²) >= 11 is 8.88. The van der Waals surface area contributed by atoms with Gasteiger partial charge in [-0.2, -0.15) is 0 Å². The van der Waals surface area contributed by atoms with E-state index >= 15 is 0 Å². The molecule has 0 aliphatic carbocycles. The van der Waals surface area contributed by atoms with Crippen LogP contribution in [0.3, 0.4) is 0 Å². The minimum atomic E-state index is -0.137. The van der Waals surface area contributed by atoms with Crippen molar-refractivity contribution in [2.75, 3.05) is 12.3 Å². The largest absolute Gasteiger partial charge is 0.350 e. The maximum atomic E-state index is 13.0. The Kier molecular flexibility index (Phi) is 6.27. The van der Waals surface area contributed by atoms with Gasteiger partial charge in [0.05, 0.1) is 10.3 Å². The smallest absolute Gasteiger partial charge is 0.262 e. The number of thiophene rings is 1. The quantitative estimate of drug-likeness (QED) is 0.456. The molecule has 2 aromatic heterocycles. The van der Waals surface area contributed by atoms with Gasteiger partial charge in [-0.05, 0) is 49.6 Å². The van der Waals surface area contributed by atoms with Gasteiger partial charge in [0.1, 0.15) is 10.7 Å². The van der Waals surface area contributed by atoms with Crippen LogP contribution in [-0.2, 0) is 13.0 Å². The maximum Gasteiger partial charge on any atom is 0.262 e. The monoisotopic (exact) mass is 447 g/mol. The number of aryl methyl sites for hydroxylation is 2. The summed E-state index contributed by atoms with van der Waals surface area (Å²) in [6.45, 7) is 3.11. The van der Waals surface area contributed by atoms with Gasteiger partial charge in [0.2, 0.25) is 0 Å². The second kappa shape index (κ2) is 8.90. The van der Waals surface area contributed by atoms with Crippen LogP contribution in [0.1, 0.15) is 40.3 Å². The summed E-state index contributed by atoms with van der Waals surface area (Å²) in [5.74, 6) is 1.47. The van der Waals surface area contributed by atoms with Crippen molar-refractivity contribution in [1.82, 2.24) is 14.9 Å². The molecule has 0 unspecified atom stereocenters. The molecule has 29 heavy (non-hydrogen) atoms. The number of hydrogen-bond donors (Lipinski definition) is 1. The third-order valence-electron chi connectivity index (χ3n) is 5.09. The van der Waals surface area contributed by atoms with Crippen LogP contribution in [-0.4, -0.2) is 27.8 Å². The van der Waals surface area contributed by atoms with Crippen LogP contribution in [0.15, 0.2) is 34.0 Å². The van der Waals surface area contributed by atoms with Crippen LogP contribution in [0, 0.1) is 6.92 Å². The number of aromatic nitrogens is 2. The van der Waals surface area contributed by atoms with E-state index in [9.17, 15) is 9.59 Å². The number of thioether (sulfide) groups is 1. The summed E-state index contributed by atoms with van der Waals surface area (Å²) in [7, 11) is 0. The van der Waals surface area contributed by atoms with Gasteiger partial charge in [0.25, 0.3) is 11.5 Å². The summed E-state index contributed by atoms with van der Waals surface area (Å²) in [4.78, 5) is 32.8. The van der Waals surface area contributed by atoms with Crippen molar-refractivity contribution in [3.8, 4) is 0 Å². The number of halogens is 1. The average molecular weight is 448 g/mol. The number of benzene rings is 1. The van der Waals surface area contributed by atoms with Gasteiger partial charge >= 0.3 is 0 Å². The first-order valence-corrected chi connectivity index (χ1v) is 11.9. The van der Waals surface area contributed by atoms with Crippen molar-refractivity contribution in [3.05, 3.63) is 55.9 Å². The van der Waals surface area contributed by atoms with Gasteiger partial charge in [-0.25, -0.2) is 4.98 Å². The molecule has 1 aromatic carbocycles. The van der Waals surface area contributed by atoms with Crippen molar-refractivity contribution in [2.24, 2.45) is 0 Å². The highest BCUT2D eigenvalue weighted by atomic mass is 35.5. The van der Waals surface area contributed by atoms with E-state index in [0.717, 1.165) is 54.3 Å². The van der Waals surface area contributed by atoms with Crippen molar-refractivity contribution >= 4 is 50.8 Å². The third kappa shape index (κ3) is 4.37. The fourth-order valence-corrected chi connectivity index (χ4v) is 5.57. The zero-order valence-corrected chi connectivity index (χ0v) is 18.6. The zero-order chi connectivity index (χ0) is 20.4. The normalized spacial score (nSPS) is 13.9. The Balaban J connectivity index is 1.47. The van der Waals surface area contributed by atoms with Crippen molar-refractivity contribution < 1.29 is 4.79 Å². The molecule has 0 atom stereocenters. The molecule has 0 saturated heterocycles. The van der Waals surface area contributed by atoms with Gasteiger partial charge in [-0.1, -0.05) is 18.0 Å². The first-order valence-electron chi connectivity index (χ1n) is 9.74. The molecule has 5 nitrogen and oxygen atoms in total. The predicted octanol–water partition coefficient (Wildman–Crippen LogP) is 4.67. The Morgan fingerprint density at radius 1 is 1.28 bits per heavy atom. The SMILES string of the molecule is Cc1c(C(=O)NCCSc2ccc(Cl)cc2)sc2nc3n(c(=O)c12)CCCCC3. The molecule has 1 amide bonds. The molecule has 152 valence electrons. The summed E-state index contributed by atoms with van der Waals surface area (Å²) in [5.41, 5.74) is 0.739. The summed E-state index contributed by atoms with van der Waals surface area (Å²) in [6, 6.07) is 7.65. The minimum Gasteiger partial charge on any atom is -0.350 e. The first-order chi connectivity index (χ1) is 14.0. The molecule has 8 heteroatoms. The molecule has 0 spiro atoms. The van der Waals surface area contributed by atoms with E-state index in [1.807, 2.05) is 31.2 Å². The lowest BCUT2D eigenvalue weighted by atomic mass is 10.2. The number of fused-ring (bicyclic) bond motifs is 2. The van der Waals surface area contributed by atoms with Crippen LogP contribution in [0.4, 0.5) is 0 Å². The Morgan fingerprint density at radius 2 is 2.07 bits per heavy atom. The molecular formula is C21H22ClN3O2S2. The predicted molar refractivity (Wildman–Crippen MR) is 121 cm³/mol. The molecule has 3 aromatic rings. The van der Waals surface area contributed by atoms with Crippen LogP contribution in [0.5, 0.6) is 0 Å². The van der Waals surface area contributed by atoms with Gasteiger partial charge < -0.3 is 5.32 Å². The molecule has 0 saturated carbocycles. The topological polar surface area (TPSA) is 64.0 Å². The van der Waals surface area contributed by atoms with Crippen LogP contribution >= 0.6 is 34.7 Å². The van der Waals surface area contributed by atoms with E-state index in [0.29, 0.717) is 26.7 Å². The first kappa shape index (κ1) is 20.4. The van der Waals surface area contributed by atoms with Crippen molar-refractivity contribution in [2.45, 2.75) is 44.0 Å². The second-order valence-electron chi connectivity index (χ2n) is 7.09. The average Bonchev–Trinajstić information content (AvgIpc) is 2.88. The third-order valence-corrected chi connectivity index (χ3v) is 7.54. The van der Waals surface area contributed by atoms with Gasteiger partial charge in [0, 0.05) is 35.2 Å². The highest BCUT2D eigenvalue weighted by Crippen LogP contribution is 2.28. The van der Waals surface area contributed by atoms with Crippen molar-refractivity contribution in [3.63, 3.8) is 0 Å². The van der Waals surface area contributed by atoms with Gasteiger partial charge in [0.15, 0.2) is 0 Å². The highest BCUT2D eigenvalue weighted by molar-refractivity contribution is 7.99. The van der Waals surface area contributed by atoms with Crippen LogP contribution in [0.25, 0.3) is 10.2 Å². The summed E-state index contributed by atoms with van der Waals surface area (Å²) < 4.78 is 1.81. The zero-order valence-electron chi connectivity index (χ0n) is 16.2. The van der Waals surface area contributed by atoms with E-state index in [1.165, 1.54) is 11.3 Å². The van der Waals surface area contributed by atoms with E-state index in [-0.39, 0.29) is 11.5 Å². The number of amides is 1. The molecule has 4 rings (SSSR count). The lowest BCUT2D eigenvalue weighted by Crippen LogP contribution is -2.26. The Bertz CT molecular complexity index is 1110. The highest BCUT2D eigenvalue weighted by Gasteiger charge is 2.22. The molecular weight excluding hydrogens is 426 g/mol. The van der Waals surface area contributed by atoms with Gasteiger partial charge in [-0.3, -0.25) is 14.2 Å². The minimum absolute atomic E-state index is 0.00186. The Morgan fingerprint density at radius 3 is 2.86 bits per heavy atom. The van der Waals surface area contributed by atoms with Crippen LogP contribution < -0.4 is 10.9 Å². The maximum absolute atomic E-state index is 13.0. The van der Waals surface area contributed by atoms with Gasteiger partial charge in [-0.15, -0.1) is 23.1 Å². The number of rotatable bonds is 5. The molecule has 1 aliphatic rings.